The molecule has 0 saturated heterocycles. The number of fused-ring (bicyclic) bond motifs is 1. The number of hydrogen-bond donors (Lipinski definition) is 0. The van der Waals surface area contributed by atoms with E-state index in [4.69, 9.17) is 14.2 Å². The van der Waals surface area contributed by atoms with E-state index in [2.05, 4.69) is 0 Å². The molecule has 0 aliphatic carbocycles. The van der Waals surface area contributed by atoms with Crippen LogP contribution < -0.4 is 9.47 Å². The molecule has 0 atom stereocenters. The molecule has 3 rings (SSSR count). The molecule has 0 spiro atoms. The number of aryl methyl sites for hydroxylation is 1. The van der Waals surface area contributed by atoms with E-state index in [1.165, 1.54) is 0 Å². The Labute approximate surface area is 152 Å². The fourth-order valence-electron chi connectivity index (χ4n) is 2.61. The van der Waals surface area contributed by atoms with E-state index in [1.54, 1.807) is 38.1 Å². The van der Waals surface area contributed by atoms with Gasteiger partial charge in [-0.3, -0.25) is 4.79 Å². The summed E-state index contributed by atoms with van der Waals surface area (Å²) >= 11 is 0. The van der Waals surface area contributed by atoms with Crippen molar-refractivity contribution in [3.63, 3.8) is 0 Å². The number of esters is 1. The first-order chi connectivity index (χ1) is 12.4. The third kappa shape index (κ3) is 4.11. The van der Waals surface area contributed by atoms with E-state index < -0.39 is 5.97 Å². The molecule has 0 amide bonds. The molecule has 2 aromatic carbocycles. The van der Waals surface area contributed by atoms with Gasteiger partial charge in [-0.05, 0) is 44.5 Å². The second kappa shape index (κ2) is 7.44. The Bertz CT molecular complexity index is 880. The van der Waals surface area contributed by atoms with Crippen LogP contribution in [0.5, 0.6) is 11.5 Å². The van der Waals surface area contributed by atoms with Crippen LogP contribution in [0.4, 0.5) is 0 Å². The van der Waals surface area contributed by atoms with Crippen LogP contribution in [0.15, 0.2) is 48.2 Å². The summed E-state index contributed by atoms with van der Waals surface area (Å²) in [5.74, 6) is 0.504. The highest BCUT2D eigenvalue weighted by atomic mass is 16.6. The summed E-state index contributed by atoms with van der Waals surface area (Å²) in [4.78, 5) is 24.0. The predicted octanol–water partition coefficient (Wildman–Crippen LogP) is 3.94. The van der Waals surface area contributed by atoms with Crippen molar-refractivity contribution in [2.24, 2.45) is 0 Å². The van der Waals surface area contributed by atoms with Crippen molar-refractivity contribution in [2.45, 2.75) is 26.9 Å². The van der Waals surface area contributed by atoms with Gasteiger partial charge < -0.3 is 14.2 Å². The van der Waals surface area contributed by atoms with Crippen LogP contribution in [0.3, 0.4) is 0 Å². The molecule has 0 N–H and O–H groups in total. The maximum atomic E-state index is 12.5. The van der Waals surface area contributed by atoms with Gasteiger partial charge in [0.05, 0.1) is 11.7 Å². The van der Waals surface area contributed by atoms with Crippen LogP contribution >= 0.6 is 0 Å². The molecule has 0 aromatic heterocycles. The molecule has 0 saturated carbocycles. The highest BCUT2D eigenvalue weighted by Crippen LogP contribution is 2.34. The molecule has 0 unspecified atom stereocenters. The van der Waals surface area contributed by atoms with Crippen LogP contribution in [-0.2, 0) is 9.53 Å². The molecule has 134 valence electrons. The van der Waals surface area contributed by atoms with Crippen molar-refractivity contribution in [2.75, 3.05) is 6.61 Å². The minimum absolute atomic E-state index is 0.174. The van der Waals surface area contributed by atoms with Crippen molar-refractivity contribution >= 4 is 17.8 Å². The van der Waals surface area contributed by atoms with E-state index in [0.717, 1.165) is 11.1 Å². The lowest BCUT2D eigenvalue weighted by Gasteiger charge is -2.09. The minimum atomic E-state index is -0.447. The number of carbonyl (C=O) groups is 2. The Kier molecular flexibility index (Phi) is 5.07. The molecule has 0 fully saturated rings. The Morgan fingerprint density at radius 2 is 2.00 bits per heavy atom. The summed E-state index contributed by atoms with van der Waals surface area (Å²) in [6, 6.07) is 12.7. The first-order valence-corrected chi connectivity index (χ1v) is 8.39. The zero-order valence-corrected chi connectivity index (χ0v) is 14.9. The molecule has 1 aliphatic heterocycles. The van der Waals surface area contributed by atoms with Crippen LogP contribution in [0.2, 0.25) is 0 Å². The van der Waals surface area contributed by atoms with Crippen molar-refractivity contribution in [3.8, 4) is 11.5 Å². The summed E-state index contributed by atoms with van der Waals surface area (Å²) in [6.45, 7) is 5.34. The van der Waals surface area contributed by atoms with Gasteiger partial charge in [0.1, 0.15) is 11.5 Å². The molecule has 2 aromatic rings. The third-order valence-electron chi connectivity index (χ3n) is 3.71. The van der Waals surface area contributed by atoms with Gasteiger partial charge >= 0.3 is 5.97 Å². The Balaban J connectivity index is 1.73. The number of rotatable bonds is 5. The van der Waals surface area contributed by atoms with Gasteiger partial charge in [-0.1, -0.05) is 29.8 Å². The quantitative estimate of drug-likeness (QED) is 0.602. The summed E-state index contributed by atoms with van der Waals surface area (Å²) in [5, 5.41) is 0. The zero-order valence-electron chi connectivity index (χ0n) is 14.9. The highest BCUT2D eigenvalue weighted by Gasteiger charge is 2.27. The summed E-state index contributed by atoms with van der Waals surface area (Å²) in [5.41, 5.74) is 2.47. The van der Waals surface area contributed by atoms with Gasteiger partial charge in [-0.25, -0.2) is 4.79 Å². The largest absolute Gasteiger partial charge is 0.482 e. The van der Waals surface area contributed by atoms with Gasteiger partial charge in [0.25, 0.3) is 0 Å². The lowest BCUT2D eigenvalue weighted by molar-refractivity contribution is -0.149. The lowest BCUT2D eigenvalue weighted by atomic mass is 10.1. The number of hydrogen-bond acceptors (Lipinski definition) is 5. The number of ketones is 1. The average molecular weight is 352 g/mol. The minimum Gasteiger partial charge on any atom is -0.482 e. The number of ether oxygens (including phenoxy) is 3. The fraction of sp³-hybridized carbons (Fsp3) is 0.238. The molecule has 0 bridgehead atoms. The van der Waals surface area contributed by atoms with Crippen molar-refractivity contribution in [3.05, 3.63) is 64.9 Å². The molecule has 1 heterocycles. The number of allylic oxidation sites excluding steroid dienone is 1. The molecule has 0 radical (unpaired) electrons. The maximum absolute atomic E-state index is 12.5. The third-order valence-corrected chi connectivity index (χ3v) is 3.71. The van der Waals surface area contributed by atoms with E-state index >= 15 is 0 Å². The van der Waals surface area contributed by atoms with E-state index in [1.807, 2.05) is 31.2 Å². The Morgan fingerprint density at radius 1 is 1.19 bits per heavy atom. The van der Waals surface area contributed by atoms with Crippen molar-refractivity contribution < 1.29 is 23.8 Å². The fourth-order valence-corrected chi connectivity index (χ4v) is 2.61. The smallest absolute Gasteiger partial charge is 0.344 e. The summed E-state index contributed by atoms with van der Waals surface area (Å²) < 4.78 is 16.1. The number of carbonyl (C=O) groups excluding carboxylic acids is 2. The van der Waals surface area contributed by atoms with Gasteiger partial charge in [-0.2, -0.15) is 0 Å². The van der Waals surface area contributed by atoms with Crippen LogP contribution in [0.1, 0.15) is 35.3 Å². The monoisotopic (exact) mass is 352 g/mol. The van der Waals surface area contributed by atoms with Crippen LogP contribution in [0.25, 0.3) is 6.08 Å². The second-order valence-electron chi connectivity index (χ2n) is 6.34. The molecule has 5 nitrogen and oxygen atoms in total. The maximum Gasteiger partial charge on any atom is 0.344 e. The van der Waals surface area contributed by atoms with E-state index in [0.29, 0.717) is 17.1 Å². The summed E-state index contributed by atoms with van der Waals surface area (Å²) in [7, 11) is 0. The molecule has 26 heavy (non-hydrogen) atoms. The highest BCUT2D eigenvalue weighted by molar-refractivity contribution is 6.14. The lowest BCUT2D eigenvalue weighted by Crippen LogP contribution is -2.18. The number of Topliss-reactive ketones (excluding diaryl/α,β-unsaturated/α-hetero) is 1. The van der Waals surface area contributed by atoms with Gasteiger partial charge in [0.2, 0.25) is 5.78 Å². The SMILES string of the molecule is Cc1cccc(C=C2Oc3cc(OCC(=O)OC(C)C)ccc3C2=O)c1. The summed E-state index contributed by atoms with van der Waals surface area (Å²) in [6.07, 6.45) is 1.52. The average Bonchev–Trinajstić information content (AvgIpc) is 2.88. The first kappa shape index (κ1) is 17.7. The topological polar surface area (TPSA) is 61.8 Å². The predicted molar refractivity (Wildman–Crippen MR) is 97.3 cm³/mol. The normalized spacial score (nSPS) is 14.3. The van der Waals surface area contributed by atoms with E-state index in [-0.39, 0.29) is 24.3 Å². The number of benzene rings is 2. The standard InChI is InChI=1S/C21H20O5/c1-13(2)25-20(22)12-24-16-7-8-17-18(11-16)26-19(21(17)23)10-15-6-4-5-14(3)9-15/h4-11,13H,12H2,1-3H3. The van der Waals surface area contributed by atoms with Crippen molar-refractivity contribution in [1.29, 1.82) is 0 Å². The first-order valence-electron chi connectivity index (χ1n) is 8.39. The van der Waals surface area contributed by atoms with E-state index in [9.17, 15) is 9.59 Å². The molecular formula is C21H20O5. The van der Waals surface area contributed by atoms with Gasteiger partial charge in [0, 0.05) is 6.07 Å². The second-order valence-corrected chi connectivity index (χ2v) is 6.34. The molecule has 5 heteroatoms. The van der Waals surface area contributed by atoms with Crippen molar-refractivity contribution in [1.82, 2.24) is 0 Å². The van der Waals surface area contributed by atoms with Gasteiger partial charge in [0.15, 0.2) is 12.4 Å². The van der Waals surface area contributed by atoms with Gasteiger partial charge in [-0.15, -0.1) is 0 Å². The Hall–Kier alpha value is -3.08. The molecular weight excluding hydrogens is 332 g/mol. The van der Waals surface area contributed by atoms with Crippen LogP contribution in [0, 0.1) is 6.92 Å². The van der Waals surface area contributed by atoms with Crippen LogP contribution in [-0.4, -0.2) is 24.5 Å². The zero-order chi connectivity index (χ0) is 18.7. The molecule has 1 aliphatic rings. The Morgan fingerprint density at radius 3 is 2.73 bits per heavy atom.